The fourth-order valence-corrected chi connectivity index (χ4v) is 3.55. The molecule has 1 heterocycles. The third-order valence-corrected chi connectivity index (χ3v) is 5.02. The fourth-order valence-electron chi connectivity index (χ4n) is 3.25. The van der Waals surface area contributed by atoms with Crippen molar-refractivity contribution in [2.75, 3.05) is 11.5 Å². The molecule has 0 unspecified atom stereocenters. The van der Waals surface area contributed by atoms with E-state index in [1.165, 1.54) is 4.90 Å². The summed E-state index contributed by atoms with van der Waals surface area (Å²) in [5.74, 6) is 1.22. The summed E-state index contributed by atoms with van der Waals surface area (Å²) in [7, 11) is 0. The molecule has 0 radical (unpaired) electrons. The molecule has 3 aromatic carbocycles. The van der Waals surface area contributed by atoms with Gasteiger partial charge in [0.2, 0.25) is 0 Å². The summed E-state index contributed by atoms with van der Waals surface area (Å²) in [6.45, 7) is 2.95. The first kappa shape index (κ1) is 20.6. The third-order valence-electron chi connectivity index (χ3n) is 4.74. The van der Waals surface area contributed by atoms with Crippen molar-refractivity contribution in [2.24, 2.45) is 0 Å². The van der Waals surface area contributed by atoms with Crippen LogP contribution in [0.25, 0.3) is 6.08 Å². The quantitative estimate of drug-likeness (QED) is 0.426. The van der Waals surface area contributed by atoms with Crippen LogP contribution in [0.2, 0.25) is 0 Å². The van der Waals surface area contributed by atoms with Crippen molar-refractivity contribution >= 4 is 35.0 Å². The van der Waals surface area contributed by atoms with Crippen LogP contribution in [0.5, 0.6) is 11.5 Å². The van der Waals surface area contributed by atoms with E-state index in [1.807, 2.05) is 85.8 Å². The maximum Gasteiger partial charge on any atom is 0.281 e. The number of anilines is 1. The summed E-state index contributed by atoms with van der Waals surface area (Å²) in [6.07, 6.45) is 1.77. The molecule has 0 spiro atoms. The van der Waals surface area contributed by atoms with Gasteiger partial charge in [-0.1, -0.05) is 48.5 Å². The molecule has 1 N–H and O–H groups in total. The molecule has 1 fully saturated rings. The van der Waals surface area contributed by atoms with Crippen molar-refractivity contribution < 1.29 is 14.3 Å². The van der Waals surface area contributed by atoms with Gasteiger partial charge in [-0.3, -0.25) is 9.69 Å². The van der Waals surface area contributed by atoms with Crippen molar-refractivity contribution in [1.29, 1.82) is 0 Å². The summed E-state index contributed by atoms with van der Waals surface area (Å²) in [5.41, 5.74) is 2.95. The van der Waals surface area contributed by atoms with Crippen LogP contribution < -0.4 is 19.7 Å². The third kappa shape index (κ3) is 4.75. The number of nitrogens with one attached hydrogen (secondary N) is 1. The number of hydrogen-bond donors (Lipinski definition) is 1. The number of carbonyl (C=O) groups is 1. The van der Waals surface area contributed by atoms with Gasteiger partial charge in [-0.05, 0) is 61.1 Å². The van der Waals surface area contributed by atoms with Gasteiger partial charge in [-0.25, -0.2) is 0 Å². The Balaban J connectivity index is 1.54. The van der Waals surface area contributed by atoms with Gasteiger partial charge in [-0.2, -0.15) is 0 Å². The Labute approximate surface area is 186 Å². The first-order valence-corrected chi connectivity index (χ1v) is 10.4. The molecule has 4 rings (SSSR count). The van der Waals surface area contributed by atoms with Crippen molar-refractivity contribution in [3.63, 3.8) is 0 Å². The van der Waals surface area contributed by atoms with Gasteiger partial charge in [-0.15, -0.1) is 0 Å². The lowest BCUT2D eigenvalue weighted by Gasteiger charge is -2.14. The van der Waals surface area contributed by atoms with Crippen LogP contribution in [-0.2, 0) is 11.4 Å². The van der Waals surface area contributed by atoms with E-state index in [1.54, 1.807) is 6.08 Å². The van der Waals surface area contributed by atoms with Crippen molar-refractivity contribution in [3.05, 3.63) is 95.7 Å². The Morgan fingerprint density at radius 3 is 2.39 bits per heavy atom. The highest BCUT2D eigenvalue weighted by atomic mass is 32.1. The molecule has 0 aromatic heterocycles. The first-order valence-electron chi connectivity index (χ1n) is 10.0. The van der Waals surface area contributed by atoms with Crippen molar-refractivity contribution in [3.8, 4) is 11.5 Å². The van der Waals surface area contributed by atoms with Crippen molar-refractivity contribution in [2.45, 2.75) is 13.5 Å². The van der Waals surface area contributed by atoms with Gasteiger partial charge in [0.05, 0.1) is 12.3 Å². The van der Waals surface area contributed by atoms with Gasteiger partial charge in [0.25, 0.3) is 5.91 Å². The van der Waals surface area contributed by atoms with E-state index in [0.29, 0.717) is 35.5 Å². The summed E-state index contributed by atoms with van der Waals surface area (Å²) in [5, 5.41) is 3.36. The summed E-state index contributed by atoms with van der Waals surface area (Å²) < 4.78 is 11.5. The Hall–Kier alpha value is -3.64. The number of nitrogens with zero attached hydrogens (tertiary/aromatic N) is 1. The molecule has 0 bridgehead atoms. The molecule has 0 saturated carbocycles. The molecule has 0 atom stereocenters. The summed E-state index contributed by atoms with van der Waals surface area (Å²) >= 11 is 5.42. The number of amides is 1. The molecule has 3 aromatic rings. The monoisotopic (exact) mass is 430 g/mol. The zero-order valence-corrected chi connectivity index (χ0v) is 17.9. The minimum atomic E-state index is -0.216. The van der Waals surface area contributed by atoms with E-state index in [0.717, 1.165) is 16.9 Å². The number of benzene rings is 3. The number of rotatable bonds is 7. The maximum atomic E-state index is 13.1. The molecule has 156 valence electrons. The maximum absolute atomic E-state index is 13.1. The van der Waals surface area contributed by atoms with E-state index in [2.05, 4.69) is 5.32 Å². The van der Waals surface area contributed by atoms with Crippen LogP contribution in [-0.4, -0.2) is 17.6 Å². The minimum absolute atomic E-state index is 0.216. The van der Waals surface area contributed by atoms with Gasteiger partial charge in [0.1, 0.15) is 23.8 Å². The van der Waals surface area contributed by atoms with Crippen LogP contribution in [0.15, 0.2) is 84.6 Å². The zero-order valence-electron chi connectivity index (χ0n) is 17.1. The van der Waals surface area contributed by atoms with Crippen molar-refractivity contribution in [1.82, 2.24) is 5.32 Å². The Morgan fingerprint density at radius 1 is 0.935 bits per heavy atom. The van der Waals surface area contributed by atoms with E-state index in [9.17, 15) is 4.79 Å². The Morgan fingerprint density at radius 2 is 1.65 bits per heavy atom. The number of thiocarbonyl (C=S) groups is 1. The zero-order chi connectivity index (χ0) is 21.6. The van der Waals surface area contributed by atoms with Crippen LogP contribution in [0.1, 0.15) is 18.1 Å². The Bertz CT molecular complexity index is 1110. The fraction of sp³-hybridized carbons (Fsp3) is 0.120. The molecule has 1 amide bonds. The standard InChI is InChI=1S/C25H22N2O3S/c1-2-29-21-14-12-20(13-15-21)27-24(28)22(26-25(27)31)16-19-10-6-7-11-23(19)30-17-18-8-4-3-5-9-18/h3-16H,2,17H2,1H3,(H,26,31)/b22-16+. The van der Waals surface area contributed by atoms with Crippen LogP contribution in [0, 0.1) is 0 Å². The predicted molar refractivity (Wildman–Crippen MR) is 126 cm³/mol. The van der Waals surface area contributed by atoms with Gasteiger partial charge in [0.15, 0.2) is 5.11 Å². The van der Waals surface area contributed by atoms with Crippen LogP contribution in [0.4, 0.5) is 5.69 Å². The molecular formula is C25H22N2O3S. The smallest absolute Gasteiger partial charge is 0.281 e. The lowest BCUT2D eigenvalue weighted by atomic mass is 10.1. The summed E-state index contributed by atoms with van der Waals surface area (Å²) in [4.78, 5) is 14.5. The lowest BCUT2D eigenvalue weighted by molar-refractivity contribution is -0.113. The minimum Gasteiger partial charge on any atom is -0.494 e. The normalized spacial score (nSPS) is 14.6. The average Bonchev–Trinajstić information content (AvgIpc) is 3.07. The topological polar surface area (TPSA) is 50.8 Å². The lowest BCUT2D eigenvalue weighted by Crippen LogP contribution is -2.30. The molecule has 0 aliphatic carbocycles. The number of ether oxygens (including phenoxy) is 2. The number of carbonyl (C=O) groups excluding carboxylic acids is 1. The SMILES string of the molecule is CCOc1ccc(N2C(=O)/C(=C\c3ccccc3OCc3ccccc3)NC2=S)cc1. The molecule has 1 aliphatic heterocycles. The Kier molecular flexibility index (Phi) is 6.29. The van der Waals surface area contributed by atoms with Gasteiger partial charge < -0.3 is 14.8 Å². The highest BCUT2D eigenvalue weighted by Gasteiger charge is 2.32. The van der Waals surface area contributed by atoms with Crippen LogP contribution >= 0.6 is 12.2 Å². The van der Waals surface area contributed by atoms with E-state index in [4.69, 9.17) is 21.7 Å². The number of para-hydroxylation sites is 1. The molecule has 5 nitrogen and oxygen atoms in total. The molecule has 6 heteroatoms. The van der Waals surface area contributed by atoms with E-state index in [-0.39, 0.29) is 5.91 Å². The highest BCUT2D eigenvalue weighted by Crippen LogP contribution is 2.27. The largest absolute Gasteiger partial charge is 0.494 e. The highest BCUT2D eigenvalue weighted by molar-refractivity contribution is 7.80. The average molecular weight is 431 g/mol. The second-order valence-electron chi connectivity index (χ2n) is 6.87. The van der Waals surface area contributed by atoms with E-state index < -0.39 is 0 Å². The molecule has 1 aliphatic rings. The first-order chi connectivity index (χ1) is 15.2. The molecule has 31 heavy (non-hydrogen) atoms. The van der Waals surface area contributed by atoms with Gasteiger partial charge in [0, 0.05) is 5.56 Å². The molecule has 1 saturated heterocycles. The van der Waals surface area contributed by atoms with Gasteiger partial charge >= 0.3 is 0 Å². The summed E-state index contributed by atoms with van der Waals surface area (Å²) in [6, 6.07) is 24.8. The van der Waals surface area contributed by atoms with E-state index >= 15 is 0 Å². The number of hydrogen-bond acceptors (Lipinski definition) is 4. The molecular weight excluding hydrogens is 408 g/mol. The predicted octanol–water partition coefficient (Wildman–Crippen LogP) is 4.93. The van der Waals surface area contributed by atoms with Crippen LogP contribution in [0.3, 0.4) is 0 Å². The second kappa shape index (κ2) is 9.45. The second-order valence-corrected chi connectivity index (χ2v) is 7.25.